The summed E-state index contributed by atoms with van der Waals surface area (Å²) in [5.74, 6) is -0.999. The average molecular weight is 268 g/mol. The highest BCUT2D eigenvalue weighted by atomic mass is 16.5. The number of pyridine rings is 1. The summed E-state index contributed by atoms with van der Waals surface area (Å²) in [6.45, 7) is 0.104. The fourth-order valence-corrected chi connectivity index (χ4v) is 1.47. The van der Waals surface area contributed by atoms with Crippen LogP contribution in [0.2, 0.25) is 0 Å². The molecule has 19 heavy (non-hydrogen) atoms. The fourth-order valence-electron chi connectivity index (χ4n) is 1.47. The van der Waals surface area contributed by atoms with E-state index in [2.05, 4.69) is 10.3 Å². The molecule has 1 rings (SSSR count). The Balaban J connectivity index is 2.61. The first-order chi connectivity index (χ1) is 9.08. The van der Waals surface area contributed by atoms with Crippen LogP contribution in [0.5, 0.6) is 5.75 Å². The number of hydrogen-bond acceptors (Lipinski definition) is 5. The van der Waals surface area contributed by atoms with E-state index in [-0.39, 0.29) is 18.9 Å². The number of rotatable bonds is 7. The number of carboxylic acids is 1. The van der Waals surface area contributed by atoms with Gasteiger partial charge in [0.15, 0.2) is 0 Å². The molecule has 0 saturated carbocycles. The van der Waals surface area contributed by atoms with Gasteiger partial charge in [0.1, 0.15) is 5.75 Å². The van der Waals surface area contributed by atoms with Crippen LogP contribution in [-0.2, 0) is 9.53 Å². The maximum absolute atomic E-state index is 11.9. The smallest absolute Gasteiger partial charge is 0.306 e. The molecule has 1 aromatic rings. The van der Waals surface area contributed by atoms with Gasteiger partial charge in [-0.2, -0.15) is 0 Å². The van der Waals surface area contributed by atoms with Crippen LogP contribution in [0.3, 0.4) is 0 Å². The second kappa shape index (κ2) is 7.32. The van der Waals surface area contributed by atoms with Crippen molar-refractivity contribution in [1.29, 1.82) is 0 Å². The summed E-state index contributed by atoms with van der Waals surface area (Å²) >= 11 is 0. The Bertz CT molecular complexity index is 450. The number of carbonyl (C=O) groups excluding carboxylic acids is 1. The first-order valence-corrected chi connectivity index (χ1v) is 5.59. The lowest BCUT2D eigenvalue weighted by atomic mass is 10.2. The van der Waals surface area contributed by atoms with Gasteiger partial charge < -0.3 is 19.9 Å². The lowest BCUT2D eigenvalue weighted by Gasteiger charge is -2.14. The molecule has 0 saturated heterocycles. The van der Waals surface area contributed by atoms with E-state index in [4.69, 9.17) is 14.6 Å². The van der Waals surface area contributed by atoms with Crippen molar-refractivity contribution in [2.75, 3.05) is 20.8 Å². The van der Waals surface area contributed by atoms with Crippen molar-refractivity contribution in [1.82, 2.24) is 10.3 Å². The molecule has 0 aromatic carbocycles. The maximum atomic E-state index is 11.9. The molecule has 7 heteroatoms. The zero-order valence-corrected chi connectivity index (χ0v) is 10.8. The van der Waals surface area contributed by atoms with Crippen molar-refractivity contribution < 1.29 is 24.2 Å². The highest BCUT2D eigenvalue weighted by Gasteiger charge is 2.16. The number of hydrogen-bond donors (Lipinski definition) is 2. The van der Waals surface area contributed by atoms with Gasteiger partial charge in [-0.15, -0.1) is 0 Å². The molecule has 1 aromatic heterocycles. The minimum Gasteiger partial charge on any atom is -0.494 e. The lowest BCUT2D eigenvalue weighted by Crippen LogP contribution is -2.34. The Morgan fingerprint density at radius 3 is 2.79 bits per heavy atom. The van der Waals surface area contributed by atoms with Crippen LogP contribution < -0.4 is 10.1 Å². The SMILES string of the molecule is COc1cnccc1C(=O)NCC(CC(=O)O)OC. The van der Waals surface area contributed by atoms with Gasteiger partial charge in [-0.05, 0) is 6.07 Å². The quantitative estimate of drug-likeness (QED) is 0.738. The van der Waals surface area contributed by atoms with Crippen molar-refractivity contribution >= 4 is 11.9 Å². The highest BCUT2D eigenvalue weighted by molar-refractivity contribution is 5.96. The minimum absolute atomic E-state index is 0.104. The van der Waals surface area contributed by atoms with E-state index in [9.17, 15) is 9.59 Å². The number of nitrogens with one attached hydrogen (secondary N) is 1. The predicted molar refractivity (Wildman–Crippen MR) is 66.2 cm³/mol. The third-order valence-corrected chi connectivity index (χ3v) is 2.47. The van der Waals surface area contributed by atoms with Gasteiger partial charge in [-0.25, -0.2) is 0 Å². The molecule has 1 atom stereocenters. The summed E-state index contributed by atoms with van der Waals surface area (Å²) in [6.07, 6.45) is 2.15. The van der Waals surface area contributed by atoms with Gasteiger partial charge in [-0.3, -0.25) is 14.6 Å². The summed E-state index contributed by atoms with van der Waals surface area (Å²) in [7, 11) is 2.84. The number of amides is 1. The third-order valence-electron chi connectivity index (χ3n) is 2.47. The van der Waals surface area contributed by atoms with Crippen molar-refractivity contribution in [3.63, 3.8) is 0 Å². The predicted octanol–water partition coefficient (Wildman–Crippen LogP) is 0.310. The van der Waals surface area contributed by atoms with E-state index in [1.54, 1.807) is 0 Å². The van der Waals surface area contributed by atoms with Crippen molar-refractivity contribution in [3.05, 3.63) is 24.0 Å². The zero-order valence-electron chi connectivity index (χ0n) is 10.8. The highest BCUT2D eigenvalue weighted by Crippen LogP contribution is 2.15. The summed E-state index contributed by atoms with van der Waals surface area (Å²) in [5.41, 5.74) is 0.336. The van der Waals surface area contributed by atoms with Crippen LogP contribution in [0.4, 0.5) is 0 Å². The van der Waals surface area contributed by atoms with E-state index in [1.807, 2.05) is 0 Å². The molecule has 1 heterocycles. The van der Waals surface area contributed by atoms with Crippen molar-refractivity contribution in [2.24, 2.45) is 0 Å². The third kappa shape index (κ3) is 4.55. The van der Waals surface area contributed by atoms with Gasteiger partial charge in [0.25, 0.3) is 5.91 Å². The van der Waals surface area contributed by atoms with Gasteiger partial charge >= 0.3 is 5.97 Å². The first-order valence-electron chi connectivity index (χ1n) is 5.59. The molecule has 0 fully saturated rings. The van der Waals surface area contributed by atoms with Gasteiger partial charge in [-0.1, -0.05) is 0 Å². The molecule has 0 bridgehead atoms. The average Bonchev–Trinajstić information content (AvgIpc) is 2.42. The Morgan fingerprint density at radius 2 is 2.21 bits per heavy atom. The van der Waals surface area contributed by atoms with Gasteiger partial charge in [0.2, 0.25) is 0 Å². The largest absolute Gasteiger partial charge is 0.494 e. The van der Waals surface area contributed by atoms with Gasteiger partial charge in [0, 0.05) is 19.9 Å². The number of ether oxygens (including phenoxy) is 2. The number of carboxylic acid groups (broad SMARTS) is 1. The molecular formula is C12H16N2O5. The molecule has 1 amide bonds. The molecule has 0 aliphatic heterocycles. The zero-order chi connectivity index (χ0) is 14.3. The molecule has 0 spiro atoms. The van der Waals surface area contributed by atoms with Crippen LogP contribution in [-0.4, -0.2) is 48.8 Å². The van der Waals surface area contributed by atoms with Crippen LogP contribution in [0.1, 0.15) is 16.8 Å². The van der Waals surface area contributed by atoms with E-state index in [0.717, 1.165) is 0 Å². The molecule has 0 aliphatic carbocycles. The van der Waals surface area contributed by atoms with Crippen LogP contribution in [0.25, 0.3) is 0 Å². The Kier molecular flexibility index (Phi) is 5.74. The normalized spacial score (nSPS) is 11.7. The van der Waals surface area contributed by atoms with E-state index in [1.165, 1.54) is 32.7 Å². The van der Waals surface area contributed by atoms with Crippen molar-refractivity contribution in [2.45, 2.75) is 12.5 Å². The Hall–Kier alpha value is -2.15. The summed E-state index contributed by atoms with van der Waals surface area (Å²) < 4.78 is 9.98. The number of nitrogens with zero attached hydrogens (tertiary/aromatic N) is 1. The number of carbonyl (C=O) groups is 2. The topological polar surface area (TPSA) is 97.8 Å². The molecule has 1 unspecified atom stereocenters. The molecule has 0 radical (unpaired) electrons. The number of aromatic nitrogens is 1. The van der Waals surface area contributed by atoms with Crippen LogP contribution >= 0.6 is 0 Å². The summed E-state index contributed by atoms with van der Waals surface area (Å²) in [4.78, 5) is 26.3. The number of methoxy groups -OCH3 is 2. The van der Waals surface area contributed by atoms with Crippen molar-refractivity contribution in [3.8, 4) is 5.75 Å². The van der Waals surface area contributed by atoms with E-state index < -0.39 is 12.1 Å². The monoisotopic (exact) mass is 268 g/mol. The van der Waals surface area contributed by atoms with Gasteiger partial charge in [0.05, 0.1) is 31.4 Å². The Morgan fingerprint density at radius 1 is 1.47 bits per heavy atom. The lowest BCUT2D eigenvalue weighted by molar-refractivity contribution is -0.139. The summed E-state index contributed by atoms with van der Waals surface area (Å²) in [6, 6.07) is 1.52. The molecular weight excluding hydrogens is 252 g/mol. The molecule has 7 nitrogen and oxygen atoms in total. The van der Waals surface area contributed by atoms with Crippen LogP contribution in [0.15, 0.2) is 18.5 Å². The number of aliphatic carboxylic acids is 1. The molecule has 0 aliphatic rings. The van der Waals surface area contributed by atoms with Crippen LogP contribution in [0, 0.1) is 0 Å². The molecule has 104 valence electrons. The fraction of sp³-hybridized carbons (Fsp3) is 0.417. The molecule has 2 N–H and O–H groups in total. The summed E-state index contributed by atoms with van der Waals surface area (Å²) in [5, 5.41) is 11.3. The minimum atomic E-state index is -0.984. The van der Waals surface area contributed by atoms with E-state index in [0.29, 0.717) is 11.3 Å². The maximum Gasteiger partial charge on any atom is 0.306 e. The standard InChI is InChI=1S/C12H16N2O5/c1-18-8(5-11(15)16)6-14-12(17)9-3-4-13-7-10(9)19-2/h3-4,7-8H,5-6H2,1-2H3,(H,14,17)(H,15,16). The second-order valence-corrected chi connectivity index (χ2v) is 3.74. The van der Waals surface area contributed by atoms with E-state index >= 15 is 0 Å². The Labute approximate surface area is 110 Å². The first kappa shape index (κ1) is 14.9. The second-order valence-electron chi connectivity index (χ2n) is 3.74.